The first kappa shape index (κ1) is 14.3. The van der Waals surface area contributed by atoms with Crippen LogP contribution in [0, 0.1) is 12.8 Å². The average molecular weight is 294 g/mol. The van der Waals surface area contributed by atoms with Crippen molar-refractivity contribution >= 4 is 11.8 Å². The van der Waals surface area contributed by atoms with Gasteiger partial charge in [-0.1, -0.05) is 0 Å². The summed E-state index contributed by atoms with van der Waals surface area (Å²) in [6.45, 7) is 4.66. The number of nitrogens with zero attached hydrogens (tertiary/aromatic N) is 3. The maximum atomic E-state index is 12.4. The monoisotopic (exact) mass is 294 g/mol. The molecule has 7 heteroatoms. The topological polar surface area (TPSA) is 68.6 Å². The standard InChI is InChI=1S/C14H22N4O3/c1-10-8-12(17(2)16-10)15-14(19)18-5-3-4-11(9-18)13-20-6-7-21-13/h8,11,13H,3-7,9H2,1-2H3,(H,15,19). The predicted octanol–water partition coefficient (Wildman–Crippen LogP) is 1.35. The third kappa shape index (κ3) is 3.19. The molecule has 1 N–H and O–H groups in total. The Bertz CT molecular complexity index is 510. The van der Waals surface area contributed by atoms with Gasteiger partial charge in [0.15, 0.2) is 6.29 Å². The number of carbonyl (C=O) groups excluding carboxylic acids is 1. The van der Waals surface area contributed by atoms with Crippen LogP contribution in [0.3, 0.4) is 0 Å². The van der Waals surface area contributed by atoms with Crippen molar-refractivity contribution in [3.05, 3.63) is 11.8 Å². The lowest BCUT2D eigenvalue weighted by Crippen LogP contribution is -2.45. The Hall–Kier alpha value is -1.60. The zero-order valence-corrected chi connectivity index (χ0v) is 12.5. The second kappa shape index (κ2) is 6.03. The maximum absolute atomic E-state index is 12.4. The Kier molecular flexibility index (Phi) is 4.12. The summed E-state index contributed by atoms with van der Waals surface area (Å²) >= 11 is 0. The SMILES string of the molecule is Cc1cc(NC(=O)N2CCCC(C3OCCO3)C2)n(C)n1. The summed E-state index contributed by atoms with van der Waals surface area (Å²) < 4.78 is 12.8. The molecule has 0 radical (unpaired) electrons. The molecule has 116 valence electrons. The van der Waals surface area contributed by atoms with E-state index in [0.29, 0.717) is 25.6 Å². The second-order valence-electron chi connectivity index (χ2n) is 5.68. The quantitative estimate of drug-likeness (QED) is 0.894. The van der Waals surface area contributed by atoms with E-state index >= 15 is 0 Å². The first-order valence-corrected chi connectivity index (χ1v) is 7.43. The molecule has 2 aliphatic heterocycles. The maximum Gasteiger partial charge on any atom is 0.323 e. The van der Waals surface area contributed by atoms with Crippen molar-refractivity contribution in [2.75, 3.05) is 31.6 Å². The van der Waals surface area contributed by atoms with Crippen LogP contribution >= 0.6 is 0 Å². The molecular weight excluding hydrogens is 272 g/mol. The van der Waals surface area contributed by atoms with Gasteiger partial charge in [-0.05, 0) is 19.8 Å². The van der Waals surface area contributed by atoms with Crippen molar-refractivity contribution in [1.82, 2.24) is 14.7 Å². The number of carbonyl (C=O) groups is 1. The highest BCUT2D eigenvalue weighted by Gasteiger charge is 2.32. The van der Waals surface area contributed by atoms with Crippen LogP contribution in [0.2, 0.25) is 0 Å². The minimum atomic E-state index is -0.153. The summed E-state index contributed by atoms with van der Waals surface area (Å²) in [5.41, 5.74) is 0.886. The van der Waals surface area contributed by atoms with Crippen LogP contribution in [0.15, 0.2) is 6.07 Å². The largest absolute Gasteiger partial charge is 0.350 e. The first-order valence-electron chi connectivity index (χ1n) is 7.43. The van der Waals surface area contributed by atoms with Gasteiger partial charge >= 0.3 is 6.03 Å². The number of aryl methyl sites for hydroxylation is 2. The number of anilines is 1. The molecule has 2 fully saturated rings. The summed E-state index contributed by atoms with van der Waals surface area (Å²) in [5, 5.41) is 7.15. The summed E-state index contributed by atoms with van der Waals surface area (Å²) in [7, 11) is 1.82. The highest BCUT2D eigenvalue weighted by atomic mass is 16.7. The van der Waals surface area contributed by atoms with Gasteiger partial charge in [0, 0.05) is 32.1 Å². The van der Waals surface area contributed by atoms with Gasteiger partial charge < -0.3 is 14.4 Å². The lowest BCUT2D eigenvalue weighted by atomic mass is 9.98. The van der Waals surface area contributed by atoms with Crippen LogP contribution in [-0.2, 0) is 16.5 Å². The molecule has 3 heterocycles. The van der Waals surface area contributed by atoms with Crippen LogP contribution in [0.25, 0.3) is 0 Å². The number of amides is 2. The molecule has 0 spiro atoms. The Morgan fingerprint density at radius 3 is 2.86 bits per heavy atom. The molecule has 3 rings (SSSR count). The lowest BCUT2D eigenvalue weighted by molar-refractivity contribution is -0.0959. The van der Waals surface area contributed by atoms with Crippen molar-refractivity contribution in [1.29, 1.82) is 0 Å². The van der Waals surface area contributed by atoms with Gasteiger partial charge in [-0.2, -0.15) is 5.10 Å². The summed E-state index contributed by atoms with van der Waals surface area (Å²) in [5.74, 6) is 0.980. The summed E-state index contributed by atoms with van der Waals surface area (Å²) in [6, 6.07) is 1.78. The molecule has 1 atom stereocenters. The van der Waals surface area contributed by atoms with Gasteiger partial charge in [-0.3, -0.25) is 10.00 Å². The molecule has 1 unspecified atom stereocenters. The van der Waals surface area contributed by atoms with E-state index in [1.165, 1.54) is 0 Å². The molecule has 7 nitrogen and oxygen atoms in total. The minimum Gasteiger partial charge on any atom is -0.350 e. The predicted molar refractivity (Wildman–Crippen MR) is 77.0 cm³/mol. The fourth-order valence-corrected chi connectivity index (χ4v) is 2.98. The number of likely N-dealkylation sites (tertiary alicyclic amines) is 1. The van der Waals surface area contributed by atoms with Crippen molar-refractivity contribution in [3.63, 3.8) is 0 Å². The Balaban J connectivity index is 1.60. The highest BCUT2D eigenvalue weighted by Crippen LogP contribution is 2.25. The minimum absolute atomic E-state index is 0.0827. The molecule has 1 aromatic rings. The van der Waals surface area contributed by atoms with Gasteiger partial charge in [0.25, 0.3) is 0 Å². The third-order valence-corrected chi connectivity index (χ3v) is 4.01. The zero-order valence-electron chi connectivity index (χ0n) is 12.5. The number of urea groups is 1. The van der Waals surface area contributed by atoms with Crippen LogP contribution in [0.5, 0.6) is 0 Å². The van der Waals surface area contributed by atoms with Crippen molar-refractivity contribution in [3.8, 4) is 0 Å². The van der Waals surface area contributed by atoms with Gasteiger partial charge in [0.1, 0.15) is 5.82 Å². The van der Waals surface area contributed by atoms with E-state index in [-0.39, 0.29) is 18.2 Å². The zero-order chi connectivity index (χ0) is 14.8. The molecule has 0 saturated carbocycles. The van der Waals surface area contributed by atoms with E-state index in [0.717, 1.165) is 25.1 Å². The number of nitrogens with one attached hydrogen (secondary N) is 1. The molecular formula is C14H22N4O3. The van der Waals surface area contributed by atoms with Gasteiger partial charge in [0.05, 0.1) is 18.9 Å². The fraction of sp³-hybridized carbons (Fsp3) is 0.714. The number of hydrogen-bond acceptors (Lipinski definition) is 4. The van der Waals surface area contributed by atoms with E-state index in [4.69, 9.17) is 9.47 Å². The van der Waals surface area contributed by atoms with Gasteiger partial charge in [-0.15, -0.1) is 0 Å². The molecule has 2 amide bonds. The molecule has 21 heavy (non-hydrogen) atoms. The summed E-state index contributed by atoms with van der Waals surface area (Å²) in [4.78, 5) is 14.2. The van der Waals surface area contributed by atoms with E-state index in [1.807, 2.05) is 24.9 Å². The van der Waals surface area contributed by atoms with Crippen LogP contribution < -0.4 is 5.32 Å². The van der Waals surface area contributed by atoms with E-state index in [9.17, 15) is 4.79 Å². The first-order chi connectivity index (χ1) is 10.1. The van der Waals surface area contributed by atoms with Crippen LogP contribution in [-0.4, -0.2) is 53.3 Å². The molecule has 0 aromatic carbocycles. The Morgan fingerprint density at radius 1 is 1.43 bits per heavy atom. The molecule has 0 aliphatic carbocycles. The van der Waals surface area contributed by atoms with Crippen molar-refractivity contribution in [2.24, 2.45) is 13.0 Å². The van der Waals surface area contributed by atoms with Crippen molar-refractivity contribution < 1.29 is 14.3 Å². The fourth-order valence-electron chi connectivity index (χ4n) is 2.98. The number of ether oxygens (including phenoxy) is 2. The van der Waals surface area contributed by atoms with Crippen LogP contribution in [0.4, 0.5) is 10.6 Å². The van der Waals surface area contributed by atoms with Gasteiger partial charge in [0.2, 0.25) is 0 Å². The number of hydrogen-bond donors (Lipinski definition) is 1. The normalized spacial score (nSPS) is 23.5. The average Bonchev–Trinajstić information content (AvgIpc) is 3.09. The molecule has 2 saturated heterocycles. The number of piperidine rings is 1. The van der Waals surface area contributed by atoms with Gasteiger partial charge in [-0.25, -0.2) is 4.79 Å². The van der Waals surface area contributed by atoms with E-state index in [1.54, 1.807) is 4.68 Å². The highest BCUT2D eigenvalue weighted by molar-refractivity contribution is 5.88. The van der Waals surface area contributed by atoms with E-state index < -0.39 is 0 Å². The molecule has 1 aromatic heterocycles. The number of rotatable bonds is 2. The lowest BCUT2D eigenvalue weighted by Gasteiger charge is -2.34. The Morgan fingerprint density at radius 2 is 2.19 bits per heavy atom. The molecule has 0 bridgehead atoms. The third-order valence-electron chi connectivity index (χ3n) is 4.01. The van der Waals surface area contributed by atoms with Crippen molar-refractivity contribution in [2.45, 2.75) is 26.1 Å². The molecule has 2 aliphatic rings. The summed E-state index contributed by atoms with van der Waals surface area (Å²) in [6.07, 6.45) is 1.87. The second-order valence-corrected chi connectivity index (χ2v) is 5.68. The van der Waals surface area contributed by atoms with E-state index in [2.05, 4.69) is 10.4 Å². The Labute approximate surface area is 124 Å². The number of aromatic nitrogens is 2. The van der Waals surface area contributed by atoms with Crippen LogP contribution in [0.1, 0.15) is 18.5 Å². The smallest absolute Gasteiger partial charge is 0.323 e.